The van der Waals surface area contributed by atoms with Crippen molar-refractivity contribution in [2.45, 2.75) is 38.7 Å². The van der Waals surface area contributed by atoms with Gasteiger partial charge in [-0.25, -0.2) is 0 Å². The van der Waals surface area contributed by atoms with Gasteiger partial charge in [-0.05, 0) is 26.0 Å². The van der Waals surface area contributed by atoms with E-state index in [-0.39, 0.29) is 6.61 Å². The summed E-state index contributed by atoms with van der Waals surface area (Å²) in [5, 5.41) is 21.7. The number of carbonyl (C=O) groups excluding carboxylic acids is 1. The number of aliphatic hydroxyl groups excluding tert-OH is 2. The first-order valence-electron chi connectivity index (χ1n) is 5.37. The summed E-state index contributed by atoms with van der Waals surface area (Å²) in [5.74, 6) is -0.427. The van der Waals surface area contributed by atoms with Crippen LogP contribution in [-0.4, -0.2) is 28.8 Å². The normalized spacial score (nSPS) is 21.8. The number of amides is 1. The van der Waals surface area contributed by atoms with Crippen LogP contribution in [0.15, 0.2) is 12.3 Å². The molecule has 1 fully saturated rings. The first kappa shape index (κ1) is 12.2. The third kappa shape index (κ3) is 2.58. The largest absolute Gasteiger partial charge is 0.396 e. The molecule has 1 aliphatic rings. The zero-order chi connectivity index (χ0) is 11.3. The molecule has 1 unspecified atom stereocenters. The molecule has 0 aliphatic heterocycles. The average Bonchev–Trinajstić information content (AvgIpc) is 2.74. The Kier molecular flexibility index (Phi) is 4.29. The van der Waals surface area contributed by atoms with Crippen molar-refractivity contribution in [3.05, 3.63) is 12.3 Å². The van der Waals surface area contributed by atoms with Crippen molar-refractivity contribution in [3.63, 3.8) is 0 Å². The first-order chi connectivity index (χ1) is 7.16. The Hall–Kier alpha value is -0.870. The summed E-state index contributed by atoms with van der Waals surface area (Å²) in [7, 11) is 0. The zero-order valence-electron chi connectivity index (χ0n) is 9.07. The van der Waals surface area contributed by atoms with Crippen LogP contribution < -0.4 is 5.32 Å². The summed E-state index contributed by atoms with van der Waals surface area (Å²) in [6.45, 7) is 1.65. The summed E-state index contributed by atoms with van der Waals surface area (Å²) >= 11 is 0. The Labute approximate surface area is 90.0 Å². The lowest BCUT2D eigenvalue weighted by Crippen LogP contribution is -2.46. The fourth-order valence-corrected chi connectivity index (χ4v) is 2.12. The summed E-state index contributed by atoms with van der Waals surface area (Å²) in [4.78, 5) is 11.5. The van der Waals surface area contributed by atoms with Crippen LogP contribution in [0.4, 0.5) is 0 Å². The summed E-state index contributed by atoms with van der Waals surface area (Å²) < 4.78 is 0. The van der Waals surface area contributed by atoms with E-state index in [1.165, 1.54) is 6.20 Å². The zero-order valence-corrected chi connectivity index (χ0v) is 9.07. The molecule has 0 aromatic carbocycles. The van der Waals surface area contributed by atoms with E-state index in [4.69, 9.17) is 0 Å². The van der Waals surface area contributed by atoms with E-state index in [2.05, 4.69) is 5.32 Å². The molecule has 0 bridgehead atoms. The van der Waals surface area contributed by atoms with Crippen LogP contribution in [0.3, 0.4) is 0 Å². The van der Waals surface area contributed by atoms with Gasteiger partial charge in [0, 0.05) is 5.41 Å². The quantitative estimate of drug-likeness (QED) is 0.638. The molecule has 0 saturated heterocycles. The van der Waals surface area contributed by atoms with Gasteiger partial charge in [0.15, 0.2) is 0 Å². The molecule has 1 atom stereocenters. The van der Waals surface area contributed by atoms with Gasteiger partial charge in [-0.15, -0.1) is 0 Å². The van der Waals surface area contributed by atoms with Crippen LogP contribution in [0, 0.1) is 5.41 Å². The lowest BCUT2D eigenvalue weighted by atomic mass is 9.80. The number of carbonyl (C=O) groups is 1. The SMILES string of the molecule is C/C=C\NC(=O)C(O)C1(CO)CCCC1. The van der Waals surface area contributed by atoms with Crippen molar-refractivity contribution in [2.75, 3.05) is 6.61 Å². The highest BCUT2D eigenvalue weighted by Gasteiger charge is 2.43. The highest BCUT2D eigenvalue weighted by Crippen LogP contribution is 2.40. The summed E-state index contributed by atoms with van der Waals surface area (Å²) in [6.07, 6.45) is 5.43. The van der Waals surface area contributed by atoms with Gasteiger partial charge in [-0.1, -0.05) is 18.9 Å². The number of allylic oxidation sites excluding steroid dienone is 1. The fraction of sp³-hybridized carbons (Fsp3) is 0.727. The molecule has 0 aromatic rings. The number of hydrogen-bond acceptors (Lipinski definition) is 3. The predicted molar refractivity (Wildman–Crippen MR) is 57.0 cm³/mol. The van der Waals surface area contributed by atoms with Gasteiger partial charge in [0.2, 0.25) is 0 Å². The summed E-state index contributed by atoms with van der Waals surface area (Å²) in [6, 6.07) is 0. The van der Waals surface area contributed by atoms with Crippen molar-refractivity contribution in [3.8, 4) is 0 Å². The van der Waals surface area contributed by atoms with E-state index in [0.29, 0.717) is 12.8 Å². The minimum Gasteiger partial charge on any atom is -0.396 e. The molecule has 1 saturated carbocycles. The number of nitrogens with one attached hydrogen (secondary N) is 1. The van der Waals surface area contributed by atoms with Crippen molar-refractivity contribution >= 4 is 5.91 Å². The maximum Gasteiger partial charge on any atom is 0.253 e. The smallest absolute Gasteiger partial charge is 0.253 e. The van der Waals surface area contributed by atoms with Crippen molar-refractivity contribution in [1.82, 2.24) is 5.32 Å². The molecular weight excluding hydrogens is 194 g/mol. The molecule has 4 heteroatoms. The van der Waals surface area contributed by atoms with E-state index in [0.717, 1.165) is 12.8 Å². The minimum atomic E-state index is -1.11. The molecular formula is C11H19NO3. The van der Waals surface area contributed by atoms with Gasteiger partial charge < -0.3 is 15.5 Å². The van der Waals surface area contributed by atoms with Gasteiger partial charge in [-0.3, -0.25) is 4.79 Å². The van der Waals surface area contributed by atoms with Crippen molar-refractivity contribution in [2.24, 2.45) is 5.41 Å². The van der Waals surface area contributed by atoms with Gasteiger partial charge in [0.05, 0.1) is 6.61 Å². The van der Waals surface area contributed by atoms with Crippen LogP contribution in [-0.2, 0) is 4.79 Å². The molecule has 0 heterocycles. The molecule has 0 radical (unpaired) electrons. The Morgan fingerprint density at radius 2 is 2.13 bits per heavy atom. The minimum absolute atomic E-state index is 0.128. The molecule has 15 heavy (non-hydrogen) atoms. The predicted octanol–water partition coefficient (Wildman–Crippen LogP) is 0.550. The van der Waals surface area contributed by atoms with Gasteiger partial charge >= 0.3 is 0 Å². The molecule has 4 nitrogen and oxygen atoms in total. The molecule has 86 valence electrons. The third-order valence-corrected chi connectivity index (χ3v) is 3.13. The number of hydrogen-bond donors (Lipinski definition) is 3. The Morgan fingerprint density at radius 1 is 1.53 bits per heavy atom. The van der Waals surface area contributed by atoms with Crippen molar-refractivity contribution < 1.29 is 15.0 Å². The maximum atomic E-state index is 11.5. The number of aliphatic hydroxyl groups is 2. The second-order valence-electron chi connectivity index (χ2n) is 4.14. The second kappa shape index (κ2) is 5.28. The van der Waals surface area contributed by atoms with Crippen LogP contribution in [0.5, 0.6) is 0 Å². The maximum absolute atomic E-state index is 11.5. The summed E-state index contributed by atoms with van der Waals surface area (Å²) in [5.41, 5.74) is -0.619. The van der Waals surface area contributed by atoms with Gasteiger partial charge in [-0.2, -0.15) is 0 Å². The van der Waals surface area contributed by atoms with Crippen LogP contribution >= 0.6 is 0 Å². The second-order valence-corrected chi connectivity index (χ2v) is 4.14. The molecule has 1 aliphatic carbocycles. The molecule has 1 amide bonds. The van der Waals surface area contributed by atoms with E-state index >= 15 is 0 Å². The molecule has 3 N–H and O–H groups in total. The third-order valence-electron chi connectivity index (χ3n) is 3.13. The van der Waals surface area contributed by atoms with E-state index in [1.807, 2.05) is 0 Å². The highest BCUT2D eigenvalue weighted by molar-refractivity contribution is 5.82. The lowest BCUT2D eigenvalue weighted by Gasteiger charge is -2.30. The van der Waals surface area contributed by atoms with Crippen LogP contribution in [0.2, 0.25) is 0 Å². The molecule has 1 rings (SSSR count). The highest BCUT2D eigenvalue weighted by atomic mass is 16.3. The Morgan fingerprint density at radius 3 is 2.60 bits per heavy atom. The van der Waals surface area contributed by atoms with Crippen molar-refractivity contribution in [1.29, 1.82) is 0 Å². The molecule has 0 aromatic heterocycles. The van der Waals surface area contributed by atoms with E-state index < -0.39 is 17.4 Å². The topological polar surface area (TPSA) is 69.6 Å². The van der Waals surface area contributed by atoms with Crippen LogP contribution in [0.1, 0.15) is 32.6 Å². The van der Waals surface area contributed by atoms with E-state index in [9.17, 15) is 15.0 Å². The standard InChI is InChI=1S/C11H19NO3/c1-2-7-12-10(15)9(14)11(8-13)5-3-4-6-11/h2,7,9,13-14H,3-6,8H2,1H3,(H,12,15)/b7-2-. The Balaban J connectivity index is 2.63. The molecule has 0 spiro atoms. The fourth-order valence-electron chi connectivity index (χ4n) is 2.12. The monoisotopic (exact) mass is 213 g/mol. The van der Waals surface area contributed by atoms with Gasteiger partial charge in [0.1, 0.15) is 6.10 Å². The Bertz CT molecular complexity index is 244. The lowest BCUT2D eigenvalue weighted by molar-refractivity contribution is -0.137. The van der Waals surface area contributed by atoms with E-state index in [1.54, 1.807) is 13.0 Å². The first-order valence-corrected chi connectivity index (χ1v) is 5.37. The average molecular weight is 213 g/mol. The van der Waals surface area contributed by atoms with Gasteiger partial charge in [0.25, 0.3) is 5.91 Å². The number of rotatable bonds is 4. The van der Waals surface area contributed by atoms with Crippen LogP contribution in [0.25, 0.3) is 0 Å².